The van der Waals surface area contributed by atoms with Crippen LogP contribution in [0.3, 0.4) is 0 Å². The van der Waals surface area contributed by atoms with Gasteiger partial charge in [-0.05, 0) is 12.8 Å². The summed E-state index contributed by atoms with van der Waals surface area (Å²) in [7, 11) is 0. The molecule has 2 atom stereocenters. The normalized spacial score (nSPS) is 17.0. The number of rotatable bonds is 2. The number of nitrogens with zero attached hydrogens (tertiary/aromatic N) is 4. The van der Waals surface area contributed by atoms with Gasteiger partial charge in [0.1, 0.15) is 0 Å². The lowest BCUT2D eigenvalue weighted by Crippen LogP contribution is -2.23. The van der Waals surface area contributed by atoms with Gasteiger partial charge >= 0.3 is 0 Å². The molecule has 1 saturated carbocycles. The number of aromatic nitrogens is 4. The summed E-state index contributed by atoms with van der Waals surface area (Å²) in [6.07, 6.45) is 13.0. The highest BCUT2D eigenvalue weighted by Gasteiger charge is 2.35. The minimum Gasteiger partial charge on any atom is -0.261 e. The van der Waals surface area contributed by atoms with Crippen molar-refractivity contribution in [1.29, 1.82) is 0 Å². The largest absolute Gasteiger partial charge is 0.261 e. The molecular weight excluding hydrogens is 344 g/mol. The van der Waals surface area contributed by atoms with Crippen LogP contribution in [-0.2, 0) is 0 Å². The fraction of sp³-hybridized carbons (Fsp3) is 0.167. The van der Waals surface area contributed by atoms with Crippen molar-refractivity contribution >= 4 is 0 Å². The van der Waals surface area contributed by atoms with E-state index in [4.69, 9.17) is 0 Å². The van der Waals surface area contributed by atoms with Gasteiger partial charge in [0.15, 0.2) is 0 Å². The van der Waals surface area contributed by atoms with Crippen molar-refractivity contribution in [2.45, 2.75) is 24.7 Å². The van der Waals surface area contributed by atoms with Gasteiger partial charge in [0.2, 0.25) is 0 Å². The molecule has 4 nitrogen and oxygen atoms in total. The predicted octanol–water partition coefficient (Wildman–Crippen LogP) is 5.30. The Kier molecular flexibility index (Phi) is 7.84. The molecule has 4 aromatic rings. The molecule has 0 radical (unpaired) electrons. The van der Waals surface area contributed by atoms with Gasteiger partial charge in [-0.1, -0.05) is 72.8 Å². The van der Waals surface area contributed by atoms with E-state index in [9.17, 15) is 0 Å². The quantitative estimate of drug-likeness (QED) is 0.482. The lowest BCUT2D eigenvalue weighted by molar-refractivity contribution is 0.331. The fourth-order valence-corrected chi connectivity index (χ4v) is 2.98. The van der Waals surface area contributed by atoms with Crippen molar-refractivity contribution in [3.05, 3.63) is 121 Å². The van der Waals surface area contributed by atoms with E-state index in [0.29, 0.717) is 11.8 Å². The number of benzene rings is 2. The second-order valence-corrected chi connectivity index (χ2v) is 6.36. The Morgan fingerprint density at radius 2 is 0.786 bits per heavy atom. The smallest absolute Gasteiger partial charge is 0.0624 e. The Hall–Kier alpha value is -3.40. The van der Waals surface area contributed by atoms with Gasteiger partial charge in [0, 0.05) is 49.0 Å². The van der Waals surface area contributed by atoms with Crippen LogP contribution < -0.4 is 0 Å². The first-order valence-corrected chi connectivity index (χ1v) is 9.47. The summed E-state index contributed by atoms with van der Waals surface area (Å²) < 4.78 is 0. The molecule has 0 unspecified atom stereocenters. The van der Waals surface area contributed by atoms with Gasteiger partial charge < -0.3 is 0 Å². The summed E-state index contributed by atoms with van der Waals surface area (Å²) >= 11 is 0. The molecule has 28 heavy (non-hydrogen) atoms. The molecule has 0 amide bonds. The fourth-order valence-electron chi connectivity index (χ4n) is 2.98. The van der Waals surface area contributed by atoms with E-state index in [0.717, 1.165) is 11.4 Å². The summed E-state index contributed by atoms with van der Waals surface area (Å²) in [5.41, 5.74) is 2.15. The van der Waals surface area contributed by atoms with E-state index in [1.165, 1.54) is 12.8 Å². The highest BCUT2D eigenvalue weighted by molar-refractivity contribution is 5.20. The Morgan fingerprint density at radius 3 is 1.00 bits per heavy atom. The zero-order valence-electron chi connectivity index (χ0n) is 15.8. The minimum atomic E-state index is 0.463. The van der Waals surface area contributed by atoms with Crippen LogP contribution in [0.5, 0.6) is 0 Å². The molecule has 0 spiro atoms. The second kappa shape index (κ2) is 11.3. The molecule has 1 aliphatic carbocycles. The maximum atomic E-state index is 4.37. The van der Waals surface area contributed by atoms with E-state index in [1.807, 2.05) is 85.2 Å². The molecule has 1 fully saturated rings. The van der Waals surface area contributed by atoms with Crippen molar-refractivity contribution < 1.29 is 0 Å². The summed E-state index contributed by atoms with van der Waals surface area (Å²) in [5.74, 6) is 0.927. The monoisotopic (exact) mass is 368 g/mol. The van der Waals surface area contributed by atoms with Crippen LogP contribution >= 0.6 is 0 Å². The summed E-state index contributed by atoms with van der Waals surface area (Å²) in [6.45, 7) is 0. The molecule has 0 N–H and O–H groups in total. The predicted molar refractivity (Wildman–Crippen MR) is 112 cm³/mol. The minimum absolute atomic E-state index is 0.463. The molecular formula is C24H24N4. The van der Waals surface area contributed by atoms with E-state index < -0.39 is 0 Å². The topological polar surface area (TPSA) is 51.6 Å². The molecule has 0 aliphatic heterocycles. The third-order valence-electron chi connectivity index (χ3n) is 4.53. The summed E-state index contributed by atoms with van der Waals surface area (Å²) in [5, 5.41) is 0. The van der Waals surface area contributed by atoms with Crippen LogP contribution in [-0.4, -0.2) is 19.9 Å². The Morgan fingerprint density at radius 1 is 0.464 bits per heavy atom. The maximum absolute atomic E-state index is 4.37. The molecule has 2 aromatic carbocycles. The van der Waals surface area contributed by atoms with Gasteiger partial charge in [0.25, 0.3) is 0 Å². The van der Waals surface area contributed by atoms with Gasteiger partial charge in [-0.3, -0.25) is 19.9 Å². The zero-order chi connectivity index (χ0) is 19.3. The van der Waals surface area contributed by atoms with Gasteiger partial charge in [0.05, 0.1) is 11.4 Å². The summed E-state index contributed by atoms with van der Waals surface area (Å²) in [4.78, 5) is 17.0. The highest BCUT2D eigenvalue weighted by atomic mass is 14.8. The Bertz CT molecular complexity index is 741. The Labute approximate surface area is 166 Å². The van der Waals surface area contributed by atoms with E-state index in [-0.39, 0.29) is 0 Å². The lowest BCUT2D eigenvalue weighted by Gasteiger charge is -2.35. The van der Waals surface area contributed by atoms with Crippen LogP contribution in [0.15, 0.2) is 110 Å². The van der Waals surface area contributed by atoms with E-state index >= 15 is 0 Å². The molecule has 5 rings (SSSR count). The van der Waals surface area contributed by atoms with Crippen molar-refractivity contribution in [3.63, 3.8) is 0 Å². The van der Waals surface area contributed by atoms with Crippen molar-refractivity contribution in [2.75, 3.05) is 0 Å². The molecule has 1 aliphatic rings. The van der Waals surface area contributed by atoms with Crippen molar-refractivity contribution in [3.8, 4) is 0 Å². The number of hydrogen-bond acceptors (Lipinski definition) is 4. The molecule has 2 aromatic heterocycles. The maximum Gasteiger partial charge on any atom is 0.0624 e. The molecule has 0 bridgehead atoms. The van der Waals surface area contributed by atoms with Gasteiger partial charge in [-0.25, -0.2) is 0 Å². The third kappa shape index (κ3) is 6.09. The SMILES string of the molecule is c1ccccc1.c1ccccc1.c1cnc([C@H]2CC[C@H]2c2cnccn2)cn1. The van der Waals surface area contributed by atoms with Crippen molar-refractivity contribution in [1.82, 2.24) is 19.9 Å². The summed E-state index contributed by atoms with van der Waals surface area (Å²) in [6, 6.07) is 24.0. The Balaban J connectivity index is 0.000000153. The second-order valence-electron chi connectivity index (χ2n) is 6.36. The van der Waals surface area contributed by atoms with Crippen LogP contribution in [0.4, 0.5) is 0 Å². The van der Waals surface area contributed by atoms with Gasteiger partial charge in [-0.15, -0.1) is 0 Å². The van der Waals surface area contributed by atoms with Crippen molar-refractivity contribution in [2.24, 2.45) is 0 Å². The van der Waals surface area contributed by atoms with Crippen LogP contribution in [0.1, 0.15) is 36.1 Å². The van der Waals surface area contributed by atoms with Crippen LogP contribution in [0.25, 0.3) is 0 Å². The molecule has 2 heterocycles. The molecule has 0 saturated heterocycles. The average Bonchev–Trinajstić information content (AvgIpc) is 2.78. The van der Waals surface area contributed by atoms with Crippen LogP contribution in [0.2, 0.25) is 0 Å². The molecule has 140 valence electrons. The number of hydrogen-bond donors (Lipinski definition) is 0. The third-order valence-corrected chi connectivity index (χ3v) is 4.53. The highest BCUT2D eigenvalue weighted by Crippen LogP contribution is 2.47. The standard InChI is InChI=1S/C12H12N4.2C6H6/c1-2-10(12-8-14-4-6-16-12)9(1)11-7-13-3-5-15-11;2*1-2-4-6-5-3-1/h3-10H,1-2H2;2*1-6H/t9-,10+;;. The van der Waals surface area contributed by atoms with Crippen LogP contribution in [0, 0.1) is 0 Å². The van der Waals surface area contributed by atoms with E-state index in [2.05, 4.69) is 19.9 Å². The average molecular weight is 368 g/mol. The van der Waals surface area contributed by atoms with E-state index in [1.54, 1.807) is 24.8 Å². The molecule has 4 heteroatoms. The zero-order valence-corrected chi connectivity index (χ0v) is 15.8. The first kappa shape index (κ1) is 19.4. The first-order valence-electron chi connectivity index (χ1n) is 9.47. The first-order chi connectivity index (χ1) is 13.9. The van der Waals surface area contributed by atoms with Gasteiger partial charge in [-0.2, -0.15) is 0 Å². The lowest BCUT2D eigenvalue weighted by atomic mass is 9.70.